The third-order valence-corrected chi connectivity index (χ3v) is 3.59. The van der Waals surface area contributed by atoms with Crippen LogP contribution in [0.15, 0.2) is 24.3 Å². The second-order valence-corrected chi connectivity index (χ2v) is 4.95. The standard InChI is InChI=1S/C15H24N2O2/c1-18-15-5-3-2-4-13(15)12-17-9-6-14(7-10-17)19-11-8-16/h2-5,14H,6-12,16H2,1H3. The zero-order valence-corrected chi connectivity index (χ0v) is 11.7. The molecular weight excluding hydrogens is 240 g/mol. The maximum atomic E-state index is 5.70. The summed E-state index contributed by atoms with van der Waals surface area (Å²) < 4.78 is 11.1. The minimum atomic E-state index is 0.387. The molecule has 0 unspecified atom stereocenters. The number of hydrogen-bond acceptors (Lipinski definition) is 4. The molecule has 0 aromatic heterocycles. The topological polar surface area (TPSA) is 47.7 Å². The number of rotatable bonds is 6. The van der Waals surface area contributed by atoms with Gasteiger partial charge in [-0.1, -0.05) is 18.2 Å². The van der Waals surface area contributed by atoms with E-state index in [1.807, 2.05) is 12.1 Å². The van der Waals surface area contributed by atoms with Crippen molar-refractivity contribution in [1.82, 2.24) is 4.90 Å². The van der Waals surface area contributed by atoms with Gasteiger partial charge in [0.05, 0.1) is 19.8 Å². The Morgan fingerprint density at radius 3 is 2.68 bits per heavy atom. The first kappa shape index (κ1) is 14.3. The van der Waals surface area contributed by atoms with Gasteiger partial charge in [-0.05, 0) is 18.9 Å². The smallest absolute Gasteiger partial charge is 0.123 e. The van der Waals surface area contributed by atoms with Gasteiger partial charge in [0.15, 0.2) is 0 Å². The first-order valence-corrected chi connectivity index (χ1v) is 6.99. The highest BCUT2D eigenvalue weighted by atomic mass is 16.5. The molecule has 1 aromatic carbocycles. The minimum absolute atomic E-state index is 0.387. The minimum Gasteiger partial charge on any atom is -0.496 e. The predicted molar refractivity (Wildman–Crippen MR) is 76.3 cm³/mol. The summed E-state index contributed by atoms with van der Waals surface area (Å²) in [5.41, 5.74) is 6.71. The maximum Gasteiger partial charge on any atom is 0.123 e. The third-order valence-electron chi connectivity index (χ3n) is 3.59. The van der Waals surface area contributed by atoms with Crippen LogP contribution >= 0.6 is 0 Å². The number of para-hydroxylation sites is 1. The molecular formula is C15H24N2O2. The summed E-state index contributed by atoms with van der Waals surface area (Å²) in [6, 6.07) is 8.23. The quantitative estimate of drug-likeness (QED) is 0.848. The lowest BCUT2D eigenvalue weighted by molar-refractivity contribution is 0.00967. The zero-order valence-electron chi connectivity index (χ0n) is 11.7. The summed E-state index contributed by atoms with van der Waals surface area (Å²) in [7, 11) is 1.73. The Hall–Kier alpha value is -1.10. The Morgan fingerprint density at radius 2 is 2.00 bits per heavy atom. The van der Waals surface area contributed by atoms with E-state index in [1.165, 1.54) is 5.56 Å². The van der Waals surface area contributed by atoms with Crippen LogP contribution in [-0.4, -0.2) is 44.4 Å². The summed E-state index contributed by atoms with van der Waals surface area (Å²) in [6.07, 6.45) is 2.57. The molecule has 0 saturated carbocycles. The summed E-state index contributed by atoms with van der Waals surface area (Å²) >= 11 is 0. The van der Waals surface area contributed by atoms with Crippen molar-refractivity contribution in [2.24, 2.45) is 5.73 Å². The van der Waals surface area contributed by atoms with Crippen LogP contribution in [0.2, 0.25) is 0 Å². The highest BCUT2D eigenvalue weighted by Crippen LogP contribution is 2.22. The highest BCUT2D eigenvalue weighted by molar-refractivity contribution is 5.33. The predicted octanol–water partition coefficient (Wildman–Crippen LogP) is 1.63. The molecule has 2 rings (SSSR count). The van der Waals surface area contributed by atoms with E-state index >= 15 is 0 Å². The molecule has 1 fully saturated rings. The fraction of sp³-hybridized carbons (Fsp3) is 0.600. The van der Waals surface area contributed by atoms with Crippen LogP contribution in [0.5, 0.6) is 5.75 Å². The molecule has 1 heterocycles. The van der Waals surface area contributed by atoms with Gasteiger partial charge >= 0.3 is 0 Å². The Balaban J connectivity index is 1.82. The van der Waals surface area contributed by atoms with Crippen molar-refractivity contribution >= 4 is 0 Å². The number of methoxy groups -OCH3 is 1. The number of ether oxygens (including phenoxy) is 2. The molecule has 0 spiro atoms. The van der Waals surface area contributed by atoms with E-state index in [4.69, 9.17) is 15.2 Å². The zero-order chi connectivity index (χ0) is 13.5. The normalized spacial score (nSPS) is 17.6. The maximum absolute atomic E-state index is 5.70. The van der Waals surface area contributed by atoms with Crippen LogP contribution in [0.3, 0.4) is 0 Å². The lowest BCUT2D eigenvalue weighted by Gasteiger charge is -2.32. The lowest BCUT2D eigenvalue weighted by atomic mass is 10.1. The molecule has 0 amide bonds. The van der Waals surface area contributed by atoms with Gasteiger partial charge in [-0.25, -0.2) is 0 Å². The van der Waals surface area contributed by atoms with Gasteiger partial charge in [-0.3, -0.25) is 4.90 Å². The first-order chi connectivity index (χ1) is 9.33. The average molecular weight is 264 g/mol. The van der Waals surface area contributed by atoms with Gasteiger partial charge in [0.1, 0.15) is 5.75 Å². The van der Waals surface area contributed by atoms with E-state index in [1.54, 1.807) is 7.11 Å². The number of hydrogen-bond donors (Lipinski definition) is 1. The van der Waals surface area contributed by atoms with Crippen LogP contribution < -0.4 is 10.5 Å². The Bertz CT molecular complexity index is 376. The SMILES string of the molecule is COc1ccccc1CN1CCC(OCCN)CC1. The van der Waals surface area contributed by atoms with Gasteiger partial charge in [-0.2, -0.15) is 0 Å². The van der Waals surface area contributed by atoms with Crippen molar-refractivity contribution in [3.05, 3.63) is 29.8 Å². The van der Waals surface area contributed by atoms with Crippen LogP contribution in [0.1, 0.15) is 18.4 Å². The lowest BCUT2D eigenvalue weighted by Crippen LogP contribution is -2.37. The largest absolute Gasteiger partial charge is 0.496 e. The molecule has 4 nitrogen and oxygen atoms in total. The number of likely N-dealkylation sites (tertiary alicyclic amines) is 1. The second-order valence-electron chi connectivity index (χ2n) is 4.95. The van der Waals surface area contributed by atoms with Crippen molar-refractivity contribution < 1.29 is 9.47 Å². The van der Waals surface area contributed by atoms with E-state index in [-0.39, 0.29) is 0 Å². The van der Waals surface area contributed by atoms with Crippen molar-refractivity contribution in [3.8, 4) is 5.75 Å². The monoisotopic (exact) mass is 264 g/mol. The molecule has 2 N–H and O–H groups in total. The molecule has 1 aliphatic rings. The van der Waals surface area contributed by atoms with Gasteiger partial charge in [0.25, 0.3) is 0 Å². The molecule has 1 saturated heterocycles. The van der Waals surface area contributed by atoms with Crippen LogP contribution in [-0.2, 0) is 11.3 Å². The Labute approximate surface area is 115 Å². The Kier molecular flexibility index (Phi) is 5.63. The highest BCUT2D eigenvalue weighted by Gasteiger charge is 2.20. The van der Waals surface area contributed by atoms with Gasteiger partial charge in [0.2, 0.25) is 0 Å². The van der Waals surface area contributed by atoms with Crippen molar-refractivity contribution in [2.45, 2.75) is 25.5 Å². The fourth-order valence-electron chi connectivity index (χ4n) is 2.54. The average Bonchev–Trinajstić information content (AvgIpc) is 2.47. The number of piperidine rings is 1. The van der Waals surface area contributed by atoms with Crippen LogP contribution in [0.25, 0.3) is 0 Å². The Morgan fingerprint density at radius 1 is 1.26 bits per heavy atom. The van der Waals surface area contributed by atoms with E-state index < -0.39 is 0 Å². The third kappa shape index (κ3) is 4.20. The second kappa shape index (κ2) is 7.48. The van der Waals surface area contributed by atoms with Crippen molar-refractivity contribution in [2.75, 3.05) is 33.4 Å². The van der Waals surface area contributed by atoms with E-state index in [0.29, 0.717) is 19.3 Å². The summed E-state index contributed by atoms with van der Waals surface area (Å²) in [5, 5.41) is 0. The summed E-state index contributed by atoms with van der Waals surface area (Å²) in [4.78, 5) is 2.46. The molecule has 0 radical (unpaired) electrons. The number of nitrogens with zero attached hydrogens (tertiary/aromatic N) is 1. The summed E-state index contributed by atoms with van der Waals surface area (Å²) in [5.74, 6) is 0.976. The summed E-state index contributed by atoms with van der Waals surface area (Å²) in [6.45, 7) is 4.40. The van der Waals surface area contributed by atoms with Crippen LogP contribution in [0.4, 0.5) is 0 Å². The molecule has 0 bridgehead atoms. The van der Waals surface area contributed by atoms with Crippen molar-refractivity contribution in [1.29, 1.82) is 0 Å². The number of nitrogens with two attached hydrogens (primary N) is 1. The fourth-order valence-corrected chi connectivity index (χ4v) is 2.54. The van der Waals surface area contributed by atoms with Crippen LogP contribution in [0, 0.1) is 0 Å². The molecule has 19 heavy (non-hydrogen) atoms. The van der Waals surface area contributed by atoms with E-state index in [0.717, 1.165) is 38.2 Å². The van der Waals surface area contributed by atoms with E-state index in [2.05, 4.69) is 17.0 Å². The molecule has 0 aliphatic carbocycles. The molecule has 0 atom stereocenters. The van der Waals surface area contributed by atoms with Gasteiger partial charge in [-0.15, -0.1) is 0 Å². The number of benzene rings is 1. The molecule has 4 heteroatoms. The van der Waals surface area contributed by atoms with E-state index in [9.17, 15) is 0 Å². The van der Waals surface area contributed by atoms with Gasteiger partial charge < -0.3 is 15.2 Å². The molecule has 106 valence electrons. The first-order valence-electron chi connectivity index (χ1n) is 6.99. The molecule has 1 aliphatic heterocycles. The van der Waals surface area contributed by atoms with Gasteiger partial charge in [0, 0.05) is 31.7 Å². The molecule has 1 aromatic rings. The van der Waals surface area contributed by atoms with Crippen molar-refractivity contribution in [3.63, 3.8) is 0 Å².